The van der Waals surface area contributed by atoms with E-state index in [1.807, 2.05) is 48.5 Å². The van der Waals surface area contributed by atoms with Crippen LogP contribution in [0.15, 0.2) is 0 Å². The fourth-order valence-corrected chi connectivity index (χ4v) is 3.42. The highest BCUT2D eigenvalue weighted by Crippen LogP contribution is 2.41. The van der Waals surface area contributed by atoms with E-state index in [4.69, 9.17) is 10.1 Å². The minimum Gasteiger partial charge on any atom is -0.464 e. The number of esters is 1. The average molecular weight is 363 g/mol. The molecule has 0 fully saturated rings. The summed E-state index contributed by atoms with van der Waals surface area (Å²) in [6, 6.07) is 0. The fourth-order valence-electron chi connectivity index (χ4n) is 2.97. The molecular weight excluding hydrogens is 328 g/mol. The first kappa shape index (κ1) is 23.1. The van der Waals surface area contributed by atoms with Crippen LogP contribution in [0.25, 0.3) is 0 Å². The van der Waals surface area contributed by atoms with E-state index in [1.54, 1.807) is 0 Å². The largest absolute Gasteiger partial charge is 0.464 e. The van der Waals surface area contributed by atoms with Gasteiger partial charge in [-0.05, 0) is 19.8 Å². The number of carbonyl (C=O) groups excluding carboxylic acids is 1. The minimum absolute atomic E-state index is 0.00135. The molecule has 2 N–H and O–H groups in total. The Morgan fingerprint density at radius 2 is 1.62 bits per heavy atom. The van der Waals surface area contributed by atoms with E-state index in [2.05, 4.69) is 4.72 Å². The highest BCUT2D eigenvalue weighted by Gasteiger charge is 2.42. The number of carbonyl (C=O) groups is 1. The third-order valence-corrected chi connectivity index (χ3v) is 4.96. The van der Waals surface area contributed by atoms with Gasteiger partial charge in [-0.25, -0.2) is 13.1 Å². The van der Waals surface area contributed by atoms with Gasteiger partial charge in [-0.15, -0.1) is 0 Å². The number of ether oxygens (including phenoxy) is 1. The maximum atomic E-state index is 12.5. The first-order valence-electron chi connectivity index (χ1n) is 8.26. The maximum absolute atomic E-state index is 12.5. The maximum Gasteiger partial charge on any atom is 0.311 e. The third-order valence-electron chi connectivity index (χ3n) is 4.23. The zero-order chi connectivity index (χ0) is 19.4. The van der Waals surface area contributed by atoms with E-state index in [9.17, 15) is 13.2 Å². The van der Waals surface area contributed by atoms with Crippen molar-refractivity contribution in [3.8, 4) is 0 Å². The van der Waals surface area contributed by atoms with Gasteiger partial charge in [0.25, 0.3) is 0 Å². The smallest absolute Gasteiger partial charge is 0.311 e. The first-order chi connectivity index (χ1) is 10.6. The van der Waals surface area contributed by atoms with Crippen molar-refractivity contribution in [1.29, 1.82) is 5.41 Å². The summed E-state index contributed by atoms with van der Waals surface area (Å²) in [5.74, 6) is -0.352. The number of hydrogen-bond donors (Lipinski definition) is 2. The van der Waals surface area contributed by atoms with Crippen molar-refractivity contribution in [3.63, 3.8) is 0 Å². The first-order valence-corrected chi connectivity index (χ1v) is 10.2. The van der Waals surface area contributed by atoms with Crippen LogP contribution in [0.4, 0.5) is 0 Å². The zero-order valence-corrected chi connectivity index (χ0v) is 17.2. The van der Waals surface area contributed by atoms with Crippen LogP contribution in [0.2, 0.25) is 0 Å². The molecule has 0 saturated heterocycles. The van der Waals surface area contributed by atoms with E-state index in [0.717, 1.165) is 6.26 Å². The molecule has 0 aromatic heterocycles. The molecule has 0 heterocycles. The van der Waals surface area contributed by atoms with E-state index < -0.39 is 20.9 Å². The molecule has 0 bridgehead atoms. The summed E-state index contributed by atoms with van der Waals surface area (Å²) in [4.78, 5) is 12.5. The van der Waals surface area contributed by atoms with E-state index >= 15 is 0 Å². The van der Waals surface area contributed by atoms with E-state index in [-0.39, 0.29) is 24.5 Å². The summed E-state index contributed by atoms with van der Waals surface area (Å²) < 4.78 is 29.6. The van der Waals surface area contributed by atoms with Crippen molar-refractivity contribution < 1.29 is 17.9 Å². The third kappa shape index (κ3) is 7.30. The molecule has 0 aliphatic heterocycles. The van der Waals surface area contributed by atoms with Crippen LogP contribution in [-0.2, 0) is 19.6 Å². The molecule has 0 aromatic carbocycles. The van der Waals surface area contributed by atoms with Gasteiger partial charge in [0.1, 0.15) is 6.61 Å². The molecule has 142 valence electrons. The lowest BCUT2D eigenvalue weighted by Crippen LogP contribution is -2.42. The molecule has 1 atom stereocenters. The highest BCUT2D eigenvalue weighted by atomic mass is 32.2. The van der Waals surface area contributed by atoms with Crippen molar-refractivity contribution >= 4 is 21.7 Å². The Morgan fingerprint density at radius 3 is 2.00 bits per heavy atom. The summed E-state index contributed by atoms with van der Waals surface area (Å²) in [5.41, 5.74) is -0.818. The van der Waals surface area contributed by atoms with Gasteiger partial charge in [-0.2, -0.15) is 0 Å². The van der Waals surface area contributed by atoms with E-state index in [0.29, 0.717) is 18.6 Å². The molecule has 0 aliphatic rings. The zero-order valence-electron chi connectivity index (χ0n) is 16.4. The Labute approximate surface area is 147 Å². The van der Waals surface area contributed by atoms with Crippen LogP contribution in [0.3, 0.4) is 0 Å². The van der Waals surface area contributed by atoms with Gasteiger partial charge in [-0.1, -0.05) is 41.5 Å². The average Bonchev–Trinajstić information content (AvgIpc) is 2.39. The Morgan fingerprint density at radius 1 is 1.12 bits per heavy atom. The van der Waals surface area contributed by atoms with Crippen LogP contribution in [-0.4, -0.2) is 39.5 Å². The topological polar surface area (TPSA) is 96.3 Å². The highest BCUT2D eigenvalue weighted by molar-refractivity contribution is 7.88. The lowest BCUT2D eigenvalue weighted by molar-refractivity contribution is -0.156. The molecule has 7 heteroatoms. The monoisotopic (exact) mass is 362 g/mol. The number of rotatable bonds is 9. The summed E-state index contributed by atoms with van der Waals surface area (Å²) in [6.45, 7) is 13.8. The molecule has 0 rings (SSSR count). The Hall–Kier alpha value is -0.950. The lowest BCUT2D eigenvalue weighted by Gasteiger charge is -2.39. The number of nitrogens with one attached hydrogen (secondary N) is 2. The summed E-state index contributed by atoms with van der Waals surface area (Å²) in [6.07, 6.45) is 2.16. The van der Waals surface area contributed by atoms with Crippen LogP contribution in [0.1, 0.15) is 61.3 Å². The molecule has 0 aromatic rings. The number of hydrogen-bond acceptors (Lipinski definition) is 5. The molecule has 0 amide bonds. The second kappa shape index (κ2) is 7.95. The predicted octanol–water partition coefficient (Wildman–Crippen LogP) is 2.98. The van der Waals surface area contributed by atoms with Crippen LogP contribution >= 0.6 is 0 Å². The molecule has 1 unspecified atom stereocenters. The molecule has 0 spiro atoms. The van der Waals surface area contributed by atoms with Crippen molar-refractivity contribution in [3.05, 3.63) is 0 Å². The van der Waals surface area contributed by atoms with Gasteiger partial charge < -0.3 is 10.1 Å². The van der Waals surface area contributed by atoms with Crippen molar-refractivity contribution in [1.82, 2.24) is 4.72 Å². The molecule has 0 aliphatic carbocycles. The van der Waals surface area contributed by atoms with Gasteiger partial charge in [0.05, 0.1) is 11.7 Å². The number of sulfonamides is 1. The second-order valence-electron chi connectivity index (χ2n) is 8.40. The van der Waals surface area contributed by atoms with Crippen LogP contribution in [0, 0.1) is 21.7 Å². The van der Waals surface area contributed by atoms with Crippen molar-refractivity contribution in [2.45, 2.75) is 61.3 Å². The quantitative estimate of drug-likeness (QED) is 0.374. The SMILES string of the molecule is CCC(C)(CC(C)(C)C(=N)C(C)(C)C)C(=O)OCCNS(C)(=O)=O. The summed E-state index contributed by atoms with van der Waals surface area (Å²) >= 11 is 0. The van der Waals surface area contributed by atoms with Gasteiger partial charge in [0.15, 0.2) is 0 Å². The second-order valence-corrected chi connectivity index (χ2v) is 10.2. The molecular formula is C17H34N2O4S. The van der Waals surface area contributed by atoms with Gasteiger partial charge >= 0.3 is 5.97 Å². The Bertz CT molecular complexity index is 562. The van der Waals surface area contributed by atoms with Gasteiger partial charge in [0.2, 0.25) is 10.0 Å². The normalized spacial score (nSPS) is 15.7. The standard InChI is InChI=1S/C17H34N2O4S/c1-9-17(7,12-16(5,6)13(18)15(2,3)4)14(20)23-11-10-19-24(8,21)22/h18-19H,9-12H2,1-8H3. The van der Waals surface area contributed by atoms with E-state index in [1.165, 1.54) is 0 Å². The summed E-state index contributed by atoms with van der Waals surface area (Å²) in [5, 5.41) is 8.45. The van der Waals surface area contributed by atoms with Crippen LogP contribution in [0.5, 0.6) is 0 Å². The Kier molecular flexibility index (Phi) is 7.64. The summed E-state index contributed by atoms with van der Waals surface area (Å²) in [7, 11) is -3.29. The molecule has 0 radical (unpaired) electrons. The van der Waals surface area contributed by atoms with Crippen molar-refractivity contribution in [2.75, 3.05) is 19.4 Å². The Balaban J connectivity index is 4.94. The molecule has 6 nitrogen and oxygen atoms in total. The fraction of sp³-hybridized carbons (Fsp3) is 0.882. The predicted molar refractivity (Wildman–Crippen MR) is 97.8 cm³/mol. The van der Waals surface area contributed by atoms with Crippen molar-refractivity contribution in [2.24, 2.45) is 16.2 Å². The molecule has 24 heavy (non-hydrogen) atoms. The van der Waals surface area contributed by atoms with Gasteiger partial charge in [0, 0.05) is 23.1 Å². The minimum atomic E-state index is -3.29. The lowest BCUT2D eigenvalue weighted by atomic mass is 9.65. The van der Waals surface area contributed by atoms with Crippen LogP contribution < -0.4 is 4.72 Å². The van der Waals surface area contributed by atoms with Gasteiger partial charge in [-0.3, -0.25) is 4.79 Å². The molecule has 0 saturated carbocycles.